The lowest BCUT2D eigenvalue weighted by Gasteiger charge is -2.22. The zero-order chi connectivity index (χ0) is 12.6. The second-order valence-corrected chi connectivity index (χ2v) is 5.30. The van der Waals surface area contributed by atoms with Crippen molar-refractivity contribution < 1.29 is 8.78 Å². The summed E-state index contributed by atoms with van der Waals surface area (Å²) in [6, 6.07) is 10.8. The molecule has 0 heterocycles. The maximum absolute atomic E-state index is 12.9. The standard InChI is InChI=1S/C15H16F2/c1-15(2,3)13-9-5-6-10-11(13)7-4-8-12(10)14(16)17/h4-9,14H,1-3H3. The van der Waals surface area contributed by atoms with E-state index < -0.39 is 6.43 Å². The Kier molecular flexibility index (Phi) is 2.90. The van der Waals surface area contributed by atoms with E-state index in [0.717, 1.165) is 10.9 Å². The number of alkyl halides is 2. The third-order valence-corrected chi connectivity index (χ3v) is 3.00. The summed E-state index contributed by atoms with van der Waals surface area (Å²) in [7, 11) is 0. The molecule has 0 saturated carbocycles. The minimum atomic E-state index is -2.42. The second kappa shape index (κ2) is 4.10. The quantitative estimate of drug-likeness (QED) is 0.645. The smallest absolute Gasteiger partial charge is 0.205 e. The summed E-state index contributed by atoms with van der Waals surface area (Å²) in [6.45, 7) is 6.28. The summed E-state index contributed by atoms with van der Waals surface area (Å²) in [5.74, 6) is 0. The highest BCUT2D eigenvalue weighted by Crippen LogP contribution is 2.34. The molecule has 90 valence electrons. The summed E-state index contributed by atoms with van der Waals surface area (Å²) < 4.78 is 25.9. The van der Waals surface area contributed by atoms with Crippen LogP contribution in [0.1, 0.15) is 38.3 Å². The molecule has 0 bridgehead atoms. The topological polar surface area (TPSA) is 0 Å². The Labute approximate surface area is 100 Å². The zero-order valence-electron chi connectivity index (χ0n) is 10.3. The van der Waals surface area contributed by atoms with Gasteiger partial charge in [0.15, 0.2) is 0 Å². The van der Waals surface area contributed by atoms with Gasteiger partial charge in [-0.3, -0.25) is 0 Å². The van der Waals surface area contributed by atoms with Crippen LogP contribution in [0.25, 0.3) is 10.8 Å². The molecule has 0 saturated heterocycles. The molecule has 2 aromatic rings. The van der Waals surface area contributed by atoms with Crippen LogP contribution in [0, 0.1) is 0 Å². The van der Waals surface area contributed by atoms with E-state index in [-0.39, 0.29) is 11.0 Å². The van der Waals surface area contributed by atoms with Crippen molar-refractivity contribution in [1.29, 1.82) is 0 Å². The van der Waals surface area contributed by atoms with Crippen LogP contribution < -0.4 is 0 Å². The first-order valence-electron chi connectivity index (χ1n) is 5.71. The lowest BCUT2D eigenvalue weighted by atomic mass is 9.83. The summed E-state index contributed by atoms with van der Waals surface area (Å²) >= 11 is 0. The minimum Gasteiger partial charge on any atom is -0.205 e. The minimum absolute atomic E-state index is 0.0414. The molecule has 0 unspecified atom stereocenters. The van der Waals surface area contributed by atoms with Crippen molar-refractivity contribution in [2.75, 3.05) is 0 Å². The van der Waals surface area contributed by atoms with Gasteiger partial charge in [0, 0.05) is 5.56 Å². The van der Waals surface area contributed by atoms with Crippen LogP contribution in [0.3, 0.4) is 0 Å². The van der Waals surface area contributed by atoms with Gasteiger partial charge < -0.3 is 0 Å². The molecule has 2 heteroatoms. The van der Waals surface area contributed by atoms with Crippen LogP contribution in [0.15, 0.2) is 36.4 Å². The highest BCUT2D eigenvalue weighted by atomic mass is 19.3. The number of fused-ring (bicyclic) bond motifs is 1. The molecule has 0 nitrogen and oxygen atoms in total. The third kappa shape index (κ3) is 2.17. The van der Waals surface area contributed by atoms with Gasteiger partial charge in [0.2, 0.25) is 0 Å². The van der Waals surface area contributed by atoms with Crippen molar-refractivity contribution in [3.05, 3.63) is 47.5 Å². The number of halogens is 2. The maximum Gasteiger partial charge on any atom is 0.264 e. The van der Waals surface area contributed by atoms with Crippen molar-refractivity contribution >= 4 is 10.8 Å². The Morgan fingerprint density at radius 3 is 2.06 bits per heavy atom. The molecular weight excluding hydrogens is 218 g/mol. The molecule has 0 aliphatic heterocycles. The zero-order valence-corrected chi connectivity index (χ0v) is 10.3. The molecule has 0 atom stereocenters. The van der Waals surface area contributed by atoms with Crippen molar-refractivity contribution in [3.63, 3.8) is 0 Å². The number of hydrogen-bond donors (Lipinski definition) is 0. The van der Waals surface area contributed by atoms with E-state index in [2.05, 4.69) is 20.8 Å². The summed E-state index contributed by atoms with van der Waals surface area (Å²) in [6.07, 6.45) is -2.42. The van der Waals surface area contributed by atoms with E-state index in [1.807, 2.05) is 18.2 Å². The SMILES string of the molecule is CC(C)(C)c1cccc2c(C(F)F)cccc12. The van der Waals surface area contributed by atoms with Gasteiger partial charge in [0.25, 0.3) is 6.43 Å². The van der Waals surface area contributed by atoms with Gasteiger partial charge in [-0.05, 0) is 21.8 Å². The molecule has 0 aliphatic carbocycles. The van der Waals surface area contributed by atoms with E-state index in [0.29, 0.717) is 5.39 Å². The molecule has 0 aromatic heterocycles. The highest BCUT2D eigenvalue weighted by molar-refractivity contribution is 5.89. The van der Waals surface area contributed by atoms with Crippen molar-refractivity contribution in [1.82, 2.24) is 0 Å². The average molecular weight is 234 g/mol. The fourth-order valence-electron chi connectivity index (χ4n) is 2.18. The van der Waals surface area contributed by atoms with Crippen LogP contribution in [0.4, 0.5) is 8.78 Å². The monoisotopic (exact) mass is 234 g/mol. The van der Waals surface area contributed by atoms with Crippen molar-refractivity contribution in [2.24, 2.45) is 0 Å². The van der Waals surface area contributed by atoms with Gasteiger partial charge in [-0.25, -0.2) is 8.78 Å². The molecule has 17 heavy (non-hydrogen) atoms. The average Bonchev–Trinajstić information content (AvgIpc) is 2.26. The van der Waals surface area contributed by atoms with Gasteiger partial charge in [-0.2, -0.15) is 0 Å². The Bertz CT molecular complexity index is 536. The van der Waals surface area contributed by atoms with Crippen LogP contribution in [0.5, 0.6) is 0 Å². The first kappa shape index (κ1) is 12.0. The Morgan fingerprint density at radius 1 is 0.882 bits per heavy atom. The highest BCUT2D eigenvalue weighted by Gasteiger charge is 2.18. The largest absolute Gasteiger partial charge is 0.264 e. The predicted molar refractivity (Wildman–Crippen MR) is 67.6 cm³/mol. The van der Waals surface area contributed by atoms with Crippen LogP contribution in [0.2, 0.25) is 0 Å². The molecule has 0 spiro atoms. The molecule has 2 rings (SSSR count). The van der Waals surface area contributed by atoms with Crippen molar-refractivity contribution in [2.45, 2.75) is 32.6 Å². The number of hydrogen-bond acceptors (Lipinski definition) is 0. The Hall–Kier alpha value is -1.44. The van der Waals surface area contributed by atoms with Gasteiger partial charge >= 0.3 is 0 Å². The second-order valence-electron chi connectivity index (χ2n) is 5.30. The summed E-state index contributed by atoms with van der Waals surface area (Å²) in [5, 5.41) is 1.59. The van der Waals surface area contributed by atoms with E-state index in [9.17, 15) is 8.78 Å². The maximum atomic E-state index is 12.9. The fraction of sp³-hybridized carbons (Fsp3) is 0.333. The van der Waals surface area contributed by atoms with Crippen LogP contribution in [-0.4, -0.2) is 0 Å². The van der Waals surface area contributed by atoms with Gasteiger partial charge in [-0.1, -0.05) is 57.2 Å². The van der Waals surface area contributed by atoms with E-state index in [1.54, 1.807) is 12.1 Å². The molecule has 0 aliphatic rings. The Morgan fingerprint density at radius 2 is 1.47 bits per heavy atom. The van der Waals surface area contributed by atoms with Crippen LogP contribution >= 0.6 is 0 Å². The van der Waals surface area contributed by atoms with Gasteiger partial charge in [-0.15, -0.1) is 0 Å². The fourth-order valence-corrected chi connectivity index (χ4v) is 2.18. The molecule has 0 N–H and O–H groups in total. The molecule has 0 radical (unpaired) electrons. The Balaban J connectivity index is 2.79. The van der Waals surface area contributed by atoms with Crippen molar-refractivity contribution in [3.8, 4) is 0 Å². The number of rotatable bonds is 1. The lowest BCUT2D eigenvalue weighted by Crippen LogP contribution is -2.11. The molecule has 0 fully saturated rings. The predicted octanol–water partition coefficient (Wildman–Crippen LogP) is 5.07. The van der Waals surface area contributed by atoms with Gasteiger partial charge in [0.1, 0.15) is 0 Å². The van der Waals surface area contributed by atoms with E-state index in [4.69, 9.17) is 0 Å². The lowest BCUT2D eigenvalue weighted by molar-refractivity contribution is 0.153. The van der Waals surface area contributed by atoms with Crippen LogP contribution in [-0.2, 0) is 5.41 Å². The van der Waals surface area contributed by atoms with E-state index >= 15 is 0 Å². The normalized spacial score (nSPS) is 12.4. The van der Waals surface area contributed by atoms with Gasteiger partial charge in [0.05, 0.1) is 0 Å². The molecule has 0 amide bonds. The van der Waals surface area contributed by atoms with E-state index in [1.165, 1.54) is 6.07 Å². The number of benzene rings is 2. The molecular formula is C15H16F2. The third-order valence-electron chi connectivity index (χ3n) is 3.00. The summed E-state index contributed by atoms with van der Waals surface area (Å²) in [5.41, 5.74) is 1.19. The first-order chi connectivity index (χ1) is 7.91. The molecule has 2 aromatic carbocycles. The first-order valence-corrected chi connectivity index (χ1v) is 5.71. The summed E-state index contributed by atoms with van der Waals surface area (Å²) in [4.78, 5) is 0.